The molecular formula is C17H25N3O2. The summed E-state index contributed by atoms with van der Waals surface area (Å²) in [5, 5.41) is 5.97. The van der Waals surface area contributed by atoms with Crippen LogP contribution in [0.15, 0.2) is 18.2 Å². The summed E-state index contributed by atoms with van der Waals surface area (Å²) in [6, 6.07) is 6.42. The maximum Gasteiger partial charge on any atom is 0.251 e. The van der Waals surface area contributed by atoms with E-state index >= 15 is 0 Å². The number of hydrogen-bond donors (Lipinski definition) is 2. The van der Waals surface area contributed by atoms with Crippen molar-refractivity contribution in [1.82, 2.24) is 10.2 Å². The molecule has 1 aromatic rings. The minimum absolute atomic E-state index is 0. The minimum atomic E-state index is -0.0309. The molecule has 4 rings (SSSR count). The summed E-state index contributed by atoms with van der Waals surface area (Å²) in [6.07, 6.45) is 2.98. The van der Waals surface area contributed by atoms with Gasteiger partial charge in [0, 0.05) is 39.3 Å². The summed E-state index contributed by atoms with van der Waals surface area (Å²) < 4.78 is 0. The van der Waals surface area contributed by atoms with Crippen molar-refractivity contribution < 1.29 is 12.4 Å². The van der Waals surface area contributed by atoms with E-state index in [0.29, 0.717) is 17.9 Å². The Balaban J connectivity index is 0.00000104. The molecule has 0 spiro atoms. The zero-order chi connectivity index (χ0) is 15.3. The molecule has 22 heavy (non-hydrogen) atoms. The molecule has 1 aliphatic carbocycles. The van der Waals surface area contributed by atoms with Gasteiger partial charge in [0.05, 0.1) is 6.42 Å². The number of anilines is 1. The van der Waals surface area contributed by atoms with Crippen molar-refractivity contribution >= 4 is 17.5 Å². The van der Waals surface area contributed by atoms with Gasteiger partial charge in [0.1, 0.15) is 0 Å². The quantitative estimate of drug-likeness (QED) is 0.896. The van der Waals surface area contributed by atoms with Crippen molar-refractivity contribution in [2.24, 2.45) is 5.92 Å². The van der Waals surface area contributed by atoms with E-state index in [1.165, 1.54) is 12.8 Å². The largest absolute Gasteiger partial charge is 0.348 e. The first-order valence-electron chi connectivity index (χ1n) is 8.08. The topological polar surface area (TPSA) is 61.4 Å². The first-order valence-corrected chi connectivity index (χ1v) is 8.08. The van der Waals surface area contributed by atoms with Crippen LogP contribution >= 0.6 is 0 Å². The summed E-state index contributed by atoms with van der Waals surface area (Å²) in [5.41, 5.74) is 2.39. The fraction of sp³-hybridized carbons (Fsp3) is 0.529. The van der Waals surface area contributed by atoms with Gasteiger partial charge in [-0.1, -0.05) is 6.92 Å². The minimum Gasteiger partial charge on any atom is -0.348 e. The van der Waals surface area contributed by atoms with Crippen LogP contribution in [0.4, 0.5) is 5.69 Å². The van der Waals surface area contributed by atoms with Gasteiger partial charge in [-0.25, -0.2) is 0 Å². The second-order valence-electron chi connectivity index (χ2n) is 6.84. The zero-order valence-corrected chi connectivity index (χ0v) is 12.8. The average molecular weight is 303 g/mol. The van der Waals surface area contributed by atoms with Crippen molar-refractivity contribution in [3.05, 3.63) is 29.3 Å². The van der Waals surface area contributed by atoms with Crippen LogP contribution < -0.4 is 10.6 Å². The summed E-state index contributed by atoms with van der Waals surface area (Å²) >= 11 is 0. The number of nitrogens with zero attached hydrogens (tertiary/aromatic N) is 1. The van der Waals surface area contributed by atoms with Gasteiger partial charge in [-0.05, 0) is 42.5 Å². The number of rotatable bonds is 3. The molecule has 2 aliphatic heterocycles. The van der Waals surface area contributed by atoms with E-state index in [9.17, 15) is 9.59 Å². The molecule has 2 heterocycles. The van der Waals surface area contributed by atoms with Crippen LogP contribution in [0.2, 0.25) is 0 Å². The molecule has 1 saturated carbocycles. The van der Waals surface area contributed by atoms with Gasteiger partial charge in [0.2, 0.25) is 5.91 Å². The van der Waals surface area contributed by atoms with Crippen molar-refractivity contribution in [3.8, 4) is 0 Å². The summed E-state index contributed by atoms with van der Waals surface area (Å²) in [5.74, 6) is 0.455. The number of hydrogen-bond acceptors (Lipinski definition) is 3. The number of likely N-dealkylation sites (tertiary alicyclic amines) is 1. The number of nitrogens with one attached hydrogen (secondary N) is 2. The molecule has 2 atom stereocenters. The second kappa shape index (κ2) is 5.09. The van der Waals surface area contributed by atoms with Crippen molar-refractivity contribution in [2.45, 2.75) is 38.3 Å². The lowest BCUT2D eigenvalue weighted by atomic mass is 10.0. The fourth-order valence-electron chi connectivity index (χ4n) is 3.55. The first-order chi connectivity index (χ1) is 10.6. The molecule has 120 valence electrons. The molecule has 3 aliphatic rings. The molecule has 0 aromatic heterocycles. The van der Waals surface area contributed by atoms with Gasteiger partial charge < -0.3 is 10.6 Å². The van der Waals surface area contributed by atoms with E-state index in [-0.39, 0.29) is 20.7 Å². The fourth-order valence-corrected chi connectivity index (χ4v) is 3.55. The molecule has 0 radical (unpaired) electrons. The lowest BCUT2D eigenvalue weighted by Gasteiger charge is -2.17. The van der Waals surface area contributed by atoms with Crippen LogP contribution in [-0.2, 0) is 11.2 Å². The third kappa shape index (κ3) is 2.50. The SMILES string of the molecule is C[C@H]1CN(C2CC2)C[C@@H]1NC(=O)c1ccc2c(c1)CC(=O)N2.[HH].[HH]. The molecule has 0 bridgehead atoms. The van der Waals surface area contributed by atoms with Crippen molar-refractivity contribution in [3.63, 3.8) is 0 Å². The summed E-state index contributed by atoms with van der Waals surface area (Å²) in [7, 11) is 0. The number of benzene rings is 1. The molecule has 2 N–H and O–H groups in total. The van der Waals surface area contributed by atoms with E-state index in [0.717, 1.165) is 30.4 Å². The highest BCUT2D eigenvalue weighted by Crippen LogP contribution is 2.32. The van der Waals surface area contributed by atoms with Crippen LogP contribution in [0.25, 0.3) is 0 Å². The highest BCUT2D eigenvalue weighted by atomic mass is 16.2. The monoisotopic (exact) mass is 303 g/mol. The van der Waals surface area contributed by atoms with Crippen molar-refractivity contribution in [1.29, 1.82) is 0 Å². The molecule has 2 amide bonds. The van der Waals surface area contributed by atoms with E-state index in [1.54, 1.807) is 6.07 Å². The van der Waals surface area contributed by atoms with E-state index in [4.69, 9.17) is 0 Å². The van der Waals surface area contributed by atoms with E-state index in [2.05, 4.69) is 22.5 Å². The normalized spacial score (nSPS) is 27.6. The number of carbonyl (C=O) groups excluding carboxylic acids is 2. The molecule has 1 saturated heterocycles. The third-order valence-electron chi connectivity index (χ3n) is 5.01. The van der Waals surface area contributed by atoms with Gasteiger partial charge in [-0.3, -0.25) is 14.5 Å². The second-order valence-corrected chi connectivity index (χ2v) is 6.84. The maximum absolute atomic E-state index is 12.5. The maximum atomic E-state index is 12.5. The smallest absolute Gasteiger partial charge is 0.251 e. The van der Waals surface area contributed by atoms with Gasteiger partial charge in [0.25, 0.3) is 5.91 Å². The Bertz CT molecular complexity index is 649. The van der Waals surface area contributed by atoms with Gasteiger partial charge in [-0.2, -0.15) is 0 Å². The molecule has 2 fully saturated rings. The van der Waals surface area contributed by atoms with E-state index in [1.807, 2.05) is 12.1 Å². The molecule has 5 heteroatoms. The molecule has 0 unspecified atom stereocenters. The number of amides is 2. The average Bonchev–Trinajstić information content (AvgIpc) is 3.17. The lowest BCUT2D eigenvalue weighted by Crippen LogP contribution is -2.40. The Morgan fingerprint density at radius 3 is 2.95 bits per heavy atom. The van der Waals surface area contributed by atoms with Gasteiger partial charge >= 0.3 is 0 Å². The zero-order valence-electron chi connectivity index (χ0n) is 12.8. The number of fused-ring (bicyclic) bond motifs is 1. The Morgan fingerprint density at radius 2 is 2.18 bits per heavy atom. The Hall–Kier alpha value is -1.88. The standard InChI is InChI=1S/C17H21N3O2.2H2/c1-10-8-20(13-3-4-13)9-15(10)19-17(22)11-2-5-14-12(6-11)7-16(21)18-14;;/h2,5-6,10,13,15H,3-4,7-9H2,1H3,(H,18,21)(H,19,22);2*1H/t10-,15-;;/m0../s1. The van der Waals surface area contributed by atoms with Crippen LogP contribution in [0.3, 0.4) is 0 Å². The molecular weight excluding hydrogens is 278 g/mol. The summed E-state index contributed by atoms with van der Waals surface area (Å²) in [6.45, 7) is 4.25. The van der Waals surface area contributed by atoms with Crippen LogP contribution in [0.1, 0.15) is 38.5 Å². The highest BCUT2D eigenvalue weighted by molar-refractivity contribution is 6.01. The van der Waals surface area contributed by atoms with Crippen LogP contribution in [-0.4, -0.2) is 41.9 Å². The predicted octanol–water partition coefficient (Wildman–Crippen LogP) is 1.89. The van der Waals surface area contributed by atoms with Crippen LogP contribution in [0, 0.1) is 5.92 Å². The number of carbonyl (C=O) groups is 2. The van der Waals surface area contributed by atoms with E-state index < -0.39 is 0 Å². The third-order valence-corrected chi connectivity index (χ3v) is 5.01. The summed E-state index contributed by atoms with van der Waals surface area (Å²) in [4.78, 5) is 26.4. The highest BCUT2D eigenvalue weighted by Gasteiger charge is 2.38. The Labute approximate surface area is 133 Å². The van der Waals surface area contributed by atoms with Gasteiger partial charge in [-0.15, -0.1) is 0 Å². The molecule has 1 aromatic carbocycles. The Kier molecular flexibility index (Phi) is 3.18. The lowest BCUT2D eigenvalue weighted by molar-refractivity contribution is -0.115. The van der Waals surface area contributed by atoms with Crippen LogP contribution in [0.5, 0.6) is 0 Å². The predicted molar refractivity (Wildman–Crippen MR) is 88.0 cm³/mol. The molecule has 5 nitrogen and oxygen atoms in total. The van der Waals surface area contributed by atoms with Gasteiger partial charge in [0.15, 0.2) is 0 Å². The van der Waals surface area contributed by atoms with Crippen molar-refractivity contribution in [2.75, 3.05) is 18.4 Å². The Morgan fingerprint density at radius 1 is 1.36 bits per heavy atom. The first kappa shape index (κ1) is 13.8.